The molecule has 0 radical (unpaired) electrons. The van der Waals surface area contributed by atoms with Gasteiger partial charge in [-0.3, -0.25) is 4.79 Å². The number of benzene rings is 2. The average molecular weight is 340 g/mol. The van der Waals surface area contributed by atoms with Crippen LogP contribution < -0.4 is 5.32 Å². The molecule has 0 unspecified atom stereocenters. The van der Waals surface area contributed by atoms with Gasteiger partial charge in [-0.05, 0) is 23.3 Å². The van der Waals surface area contributed by atoms with E-state index < -0.39 is 0 Å². The van der Waals surface area contributed by atoms with Gasteiger partial charge in [0.1, 0.15) is 11.9 Å². The van der Waals surface area contributed by atoms with Crippen LogP contribution in [0.5, 0.6) is 0 Å². The van der Waals surface area contributed by atoms with Crippen LogP contribution in [0.1, 0.15) is 23.0 Å². The molecule has 0 aliphatic heterocycles. The molecule has 4 nitrogen and oxygen atoms in total. The van der Waals surface area contributed by atoms with Gasteiger partial charge in [-0.2, -0.15) is 0 Å². The maximum absolute atomic E-state index is 12.5. The Morgan fingerprint density at radius 3 is 2.50 bits per heavy atom. The second-order valence-corrected chi connectivity index (χ2v) is 6.05. The molecule has 2 aromatic carbocycles. The number of aromatic nitrogens is 2. The van der Waals surface area contributed by atoms with Crippen LogP contribution in [-0.4, -0.2) is 15.5 Å². The first-order valence-corrected chi connectivity index (χ1v) is 8.07. The summed E-state index contributed by atoms with van der Waals surface area (Å²) in [4.78, 5) is 16.9. The van der Waals surface area contributed by atoms with Crippen LogP contribution in [0.4, 0.5) is 0 Å². The Hall–Kier alpha value is -2.59. The Bertz CT molecular complexity index is 812. The van der Waals surface area contributed by atoms with Crippen LogP contribution >= 0.6 is 11.6 Å². The van der Waals surface area contributed by atoms with Gasteiger partial charge in [-0.15, -0.1) is 0 Å². The second-order valence-electron chi connectivity index (χ2n) is 5.61. The van der Waals surface area contributed by atoms with Crippen molar-refractivity contribution in [2.75, 3.05) is 0 Å². The van der Waals surface area contributed by atoms with Gasteiger partial charge in [0.15, 0.2) is 0 Å². The second kappa shape index (κ2) is 7.32. The molecule has 0 bridgehead atoms. The molecule has 1 atom stereocenters. The zero-order valence-corrected chi connectivity index (χ0v) is 14.1. The lowest BCUT2D eigenvalue weighted by Crippen LogP contribution is -2.32. The van der Waals surface area contributed by atoms with Crippen molar-refractivity contribution in [2.45, 2.75) is 12.5 Å². The van der Waals surface area contributed by atoms with Crippen LogP contribution in [0.2, 0.25) is 5.02 Å². The van der Waals surface area contributed by atoms with Gasteiger partial charge < -0.3 is 9.88 Å². The summed E-state index contributed by atoms with van der Waals surface area (Å²) in [5.74, 6) is 0.736. The van der Waals surface area contributed by atoms with E-state index in [0.29, 0.717) is 11.4 Å². The molecule has 1 aromatic heterocycles. The Balaban J connectivity index is 1.80. The summed E-state index contributed by atoms with van der Waals surface area (Å²) in [6.07, 6.45) is 3.90. The molecule has 0 saturated carbocycles. The molecule has 0 spiro atoms. The molecule has 0 saturated heterocycles. The lowest BCUT2D eigenvalue weighted by atomic mass is 10.1. The summed E-state index contributed by atoms with van der Waals surface area (Å²) in [7, 11) is 1.92. The first-order valence-electron chi connectivity index (χ1n) is 7.69. The fourth-order valence-electron chi connectivity index (χ4n) is 2.60. The highest BCUT2D eigenvalue weighted by Gasteiger charge is 2.20. The topological polar surface area (TPSA) is 46.9 Å². The fourth-order valence-corrected chi connectivity index (χ4v) is 2.72. The fraction of sp³-hybridized carbons (Fsp3) is 0.158. The summed E-state index contributed by atoms with van der Waals surface area (Å²) < 4.78 is 1.92. The number of halogens is 1. The van der Waals surface area contributed by atoms with E-state index in [1.165, 1.54) is 0 Å². The first-order chi connectivity index (χ1) is 11.6. The molecule has 0 aliphatic carbocycles. The molecule has 1 N–H and O–H groups in total. The van der Waals surface area contributed by atoms with Gasteiger partial charge in [0.25, 0.3) is 0 Å². The molecule has 5 heteroatoms. The summed E-state index contributed by atoms with van der Waals surface area (Å²) in [6, 6.07) is 16.9. The number of imidazole rings is 1. The van der Waals surface area contributed by atoms with Crippen LogP contribution in [0.25, 0.3) is 0 Å². The minimum absolute atomic E-state index is 0.0609. The van der Waals surface area contributed by atoms with Gasteiger partial charge in [0, 0.05) is 24.5 Å². The van der Waals surface area contributed by atoms with Gasteiger partial charge in [-0.25, -0.2) is 4.98 Å². The number of amides is 1. The summed E-state index contributed by atoms with van der Waals surface area (Å²) in [5.41, 5.74) is 1.92. The summed E-state index contributed by atoms with van der Waals surface area (Å²) >= 11 is 5.89. The maximum atomic E-state index is 12.5. The number of carbonyl (C=O) groups excluding carboxylic acids is 1. The SMILES string of the molecule is Cn1ccnc1[C@H](NC(=O)Cc1ccc(Cl)cc1)c1ccccc1. The number of hydrogen-bond acceptors (Lipinski definition) is 2. The van der Waals surface area contributed by atoms with Crippen molar-refractivity contribution in [3.05, 3.63) is 89.0 Å². The zero-order valence-electron chi connectivity index (χ0n) is 13.3. The van der Waals surface area contributed by atoms with E-state index in [-0.39, 0.29) is 11.9 Å². The third-order valence-corrected chi connectivity index (χ3v) is 4.08. The van der Waals surface area contributed by atoms with E-state index >= 15 is 0 Å². The molecule has 1 amide bonds. The van der Waals surface area contributed by atoms with Crippen molar-refractivity contribution in [1.82, 2.24) is 14.9 Å². The van der Waals surface area contributed by atoms with Crippen molar-refractivity contribution < 1.29 is 4.79 Å². The zero-order chi connectivity index (χ0) is 16.9. The average Bonchev–Trinajstić information content (AvgIpc) is 3.01. The monoisotopic (exact) mass is 339 g/mol. The highest BCUT2D eigenvalue weighted by atomic mass is 35.5. The summed E-state index contributed by atoms with van der Waals surface area (Å²) in [5, 5.41) is 3.75. The van der Waals surface area contributed by atoms with Crippen LogP contribution in [-0.2, 0) is 18.3 Å². The molecule has 3 aromatic rings. The normalized spacial score (nSPS) is 11.9. The molecule has 0 fully saturated rings. The standard InChI is InChI=1S/C19H18ClN3O/c1-23-12-11-21-19(23)18(15-5-3-2-4-6-15)22-17(24)13-14-7-9-16(20)10-8-14/h2-12,18H,13H2,1H3,(H,22,24)/t18-/m1/s1. The van der Waals surface area contributed by atoms with E-state index in [2.05, 4.69) is 10.3 Å². The van der Waals surface area contributed by atoms with Crippen LogP contribution in [0.15, 0.2) is 67.0 Å². The Morgan fingerprint density at radius 1 is 1.17 bits per heavy atom. The van der Waals surface area contributed by atoms with Gasteiger partial charge in [0.2, 0.25) is 5.91 Å². The number of rotatable bonds is 5. The van der Waals surface area contributed by atoms with Crippen molar-refractivity contribution >= 4 is 17.5 Å². The first kappa shape index (κ1) is 16.3. The molecule has 122 valence electrons. The van der Waals surface area contributed by atoms with Crippen molar-refractivity contribution in [2.24, 2.45) is 7.05 Å². The Morgan fingerprint density at radius 2 is 1.88 bits per heavy atom. The minimum atomic E-state index is -0.286. The van der Waals surface area contributed by atoms with E-state index in [1.54, 1.807) is 18.3 Å². The molecule has 3 rings (SSSR count). The molecular weight excluding hydrogens is 322 g/mol. The highest BCUT2D eigenvalue weighted by molar-refractivity contribution is 6.30. The lowest BCUT2D eigenvalue weighted by Gasteiger charge is -2.19. The van der Waals surface area contributed by atoms with Crippen LogP contribution in [0, 0.1) is 0 Å². The van der Waals surface area contributed by atoms with Crippen molar-refractivity contribution in [3.8, 4) is 0 Å². The minimum Gasteiger partial charge on any atom is -0.342 e. The Kier molecular flexibility index (Phi) is 4.96. The van der Waals surface area contributed by atoms with E-state index in [1.807, 2.05) is 60.3 Å². The maximum Gasteiger partial charge on any atom is 0.225 e. The molecule has 1 heterocycles. The molecular formula is C19H18ClN3O. The number of nitrogens with zero attached hydrogens (tertiary/aromatic N) is 2. The quantitative estimate of drug-likeness (QED) is 0.773. The third kappa shape index (κ3) is 3.84. The predicted octanol–water partition coefficient (Wildman–Crippen LogP) is 3.52. The van der Waals surface area contributed by atoms with E-state index in [9.17, 15) is 4.79 Å². The third-order valence-electron chi connectivity index (χ3n) is 3.83. The number of carbonyl (C=O) groups is 1. The Labute approximate surface area is 146 Å². The summed E-state index contributed by atoms with van der Waals surface area (Å²) in [6.45, 7) is 0. The number of aryl methyl sites for hydroxylation is 1. The van der Waals surface area contributed by atoms with E-state index in [4.69, 9.17) is 11.6 Å². The van der Waals surface area contributed by atoms with Gasteiger partial charge >= 0.3 is 0 Å². The van der Waals surface area contributed by atoms with Gasteiger partial charge in [-0.1, -0.05) is 54.1 Å². The highest BCUT2D eigenvalue weighted by Crippen LogP contribution is 2.20. The van der Waals surface area contributed by atoms with Crippen molar-refractivity contribution in [1.29, 1.82) is 0 Å². The number of hydrogen-bond donors (Lipinski definition) is 1. The van der Waals surface area contributed by atoms with Gasteiger partial charge in [0.05, 0.1) is 6.42 Å². The molecule has 0 aliphatic rings. The van der Waals surface area contributed by atoms with Crippen molar-refractivity contribution in [3.63, 3.8) is 0 Å². The predicted molar refractivity (Wildman–Crippen MR) is 94.8 cm³/mol. The molecule has 24 heavy (non-hydrogen) atoms. The lowest BCUT2D eigenvalue weighted by molar-refractivity contribution is -0.121. The largest absolute Gasteiger partial charge is 0.342 e. The van der Waals surface area contributed by atoms with E-state index in [0.717, 1.165) is 17.0 Å². The van der Waals surface area contributed by atoms with Crippen LogP contribution in [0.3, 0.4) is 0 Å². The number of nitrogens with one attached hydrogen (secondary N) is 1. The smallest absolute Gasteiger partial charge is 0.225 e.